The van der Waals surface area contributed by atoms with Crippen molar-refractivity contribution in [1.29, 1.82) is 0 Å². The van der Waals surface area contributed by atoms with Crippen LogP contribution in [-0.4, -0.2) is 12.2 Å². The van der Waals surface area contributed by atoms with Crippen molar-refractivity contribution in [1.82, 2.24) is 0 Å². The van der Waals surface area contributed by atoms with E-state index in [4.69, 9.17) is 16.3 Å². The van der Waals surface area contributed by atoms with Crippen LogP contribution in [0.25, 0.3) is 0 Å². The van der Waals surface area contributed by atoms with E-state index in [1.165, 1.54) is 12.1 Å². The van der Waals surface area contributed by atoms with Crippen molar-refractivity contribution in [2.75, 3.05) is 7.11 Å². The number of halogens is 2. The second kappa shape index (κ2) is 5.32. The van der Waals surface area contributed by atoms with E-state index < -0.39 is 5.60 Å². The number of aliphatic hydroxyl groups is 1. The summed E-state index contributed by atoms with van der Waals surface area (Å²) >= 11 is 6.04. The third-order valence-corrected chi connectivity index (χ3v) is 4.34. The fourth-order valence-electron chi connectivity index (χ4n) is 3.08. The Kier molecular flexibility index (Phi) is 3.64. The van der Waals surface area contributed by atoms with Gasteiger partial charge in [-0.25, -0.2) is 4.39 Å². The Labute approximate surface area is 128 Å². The molecule has 1 aliphatic carbocycles. The number of hydrogen-bond donors (Lipinski definition) is 1. The molecular weight excluding hydrogens is 291 g/mol. The third kappa shape index (κ3) is 2.63. The Bertz CT molecular complexity index is 686. The first-order chi connectivity index (χ1) is 10.0. The number of fused-ring (bicyclic) bond motifs is 1. The Morgan fingerprint density at radius 3 is 2.86 bits per heavy atom. The van der Waals surface area contributed by atoms with E-state index in [0.29, 0.717) is 30.0 Å². The molecule has 1 aliphatic rings. The van der Waals surface area contributed by atoms with Gasteiger partial charge in [0.15, 0.2) is 0 Å². The molecule has 1 atom stereocenters. The van der Waals surface area contributed by atoms with E-state index in [2.05, 4.69) is 0 Å². The number of benzene rings is 2. The Balaban J connectivity index is 1.98. The number of methoxy groups -OCH3 is 1. The summed E-state index contributed by atoms with van der Waals surface area (Å²) in [6, 6.07) is 9.93. The van der Waals surface area contributed by atoms with Crippen LogP contribution in [0.3, 0.4) is 0 Å². The van der Waals surface area contributed by atoms with Crippen LogP contribution in [0.4, 0.5) is 4.39 Å². The minimum Gasteiger partial charge on any atom is -0.496 e. The molecule has 110 valence electrons. The van der Waals surface area contributed by atoms with Crippen LogP contribution in [0.1, 0.15) is 23.1 Å². The van der Waals surface area contributed by atoms with Crippen LogP contribution in [0.2, 0.25) is 5.02 Å². The van der Waals surface area contributed by atoms with Crippen molar-refractivity contribution in [3.05, 3.63) is 63.9 Å². The average molecular weight is 307 g/mol. The highest BCUT2D eigenvalue weighted by atomic mass is 35.5. The summed E-state index contributed by atoms with van der Waals surface area (Å²) < 4.78 is 18.6. The van der Waals surface area contributed by atoms with Gasteiger partial charge in [0.25, 0.3) is 0 Å². The monoisotopic (exact) mass is 306 g/mol. The number of rotatable bonds is 3. The summed E-state index contributed by atoms with van der Waals surface area (Å²) in [5, 5.41) is 11.6. The van der Waals surface area contributed by atoms with Crippen molar-refractivity contribution < 1.29 is 14.2 Å². The van der Waals surface area contributed by atoms with E-state index in [1.807, 2.05) is 0 Å². The molecule has 2 aromatic carbocycles. The molecule has 0 spiro atoms. The van der Waals surface area contributed by atoms with E-state index in [1.54, 1.807) is 31.4 Å². The molecule has 2 aromatic rings. The van der Waals surface area contributed by atoms with Gasteiger partial charge in [-0.1, -0.05) is 17.7 Å². The smallest absolute Gasteiger partial charge is 0.123 e. The largest absolute Gasteiger partial charge is 0.496 e. The number of ether oxygens (including phenoxy) is 1. The molecule has 21 heavy (non-hydrogen) atoms. The highest BCUT2D eigenvalue weighted by Gasteiger charge is 2.37. The SMILES string of the molecule is COc1ccc(Cl)cc1CC1(O)CCc2cc(F)ccc21. The predicted octanol–water partition coefficient (Wildman–Crippen LogP) is 3.86. The lowest BCUT2D eigenvalue weighted by atomic mass is 9.88. The van der Waals surface area contributed by atoms with Gasteiger partial charge in [0.05, 0.1) is 12.7 Å². The lowest BCUT2D eigenvalue weighted by Gasteiger charge is -2.25. The molecule has 1 N–H and O–H groups in total. The fourth-order valence-corrected chi connectivity index (χ4v) is 3.28. The molecule has 1 unspecified atom stereocenters. The number of hydrogen-bond acceptors (Lipinski definition) is 2. The average Bonchev–Trinajstić information content (AvgIpc) is 2.76. The van der Waals surface area contributed by atoms with Crippen LogP contribution in [-0.2, 0) is 18.4 Å². The molecule has 0 aliphatic heterocycles. The minimum absolute atomic E-state index is 0.265. The first kappa shape index (κ1) is 14.4. The summed E-state index contributed by atoms with van der Waals surface area (Å²) in [4.78, 5) is 0. The molecule has 0 saturated carbocycles. The first-order valence-electron chi connectivity index (χ1n) is 6.85. The van der Waals surface area contributed by atoms with E-state index in [0.717, 1.165) is 16.7 Å². The van der Waals surface area contributed by atoms with Crippen LogP contribution in [0.5, 0.6) is 5.75 Å². The first-order valence-corrected chi connectivity index (χ1v) is 7.23. The fraction of sp³-hybridized carbons (Fsp3) is 0.294. The Hall–Kier alpha value is -1.58. The molecule has 0 saturated heterocycles. The highest BCUT2D eigenvalue weighted by molar-refractivity contribution is 6.30. The summed E-state index contributed by atoms with van der Waals surface area (Å²) in [6.07, 6.45) is 1.64. The molecule has 0 fully saturated rings. The van der Waals surface area contributed by atoms with Gasteiger partial charge in [0, 0.05) is 11.4 Å². The molecule has 0 amide bonds. The molecular formula is C17H16ClFO2. The second-order valence-corrected chi connectivity index (χ2v) is 5.90. The standard InChI is InChI=1S/C17H16ClFO2/c1-21-16-5-2-13(18)8-12(16)10-17(20)7-6-11-9-14(19)3-4-15(11)17/h2-5,8-9,20H,6-7,10H2,1H3. The van der Waals surface area contributed by atoms with Crippen LogP contribution < -0.4 is 4.74 Å². The van der Waals surface area contributed by atoms with Gasteiger partial charge in [-0.2, -0.15) is 0 Å². The quantitative estimate of drug-likeness (QED) is 0.933. The summed E-state index contributed by atoms with van der Waals surface area (Å²) in [6.45, 7) is 0. The van der Waals surface area contributed by atoms with Gasteiger partial charge >= 0.3 is 0 Å². The second-order valence-electron chi connectivity index (χ2n) is 5.47. The van der Waals surface area contributed by atoms with E-state index >= 15 is 0 Å². The van der Waals surface area contributed by atoms with Crippen LogP contribution >= 0.6 is 11.6 Å². The van der Waals surface area contributed by atoms with E-state index in [9.17, 15) is 9.50 Å². The summed E-state index contributed by atoms with van der Waals surface area (Å²) in [5.74, 6) is 0.432. The maximum Gasteiger partial charge on any atom is 0.123 e. The summed E-state index contributed by atoms with van der Waals surface area (Å²) in [7, 11) is 1.59. The van der Waals surface area contributed by atoms with Gasteiger partial charge in [-0.3, -0.25) is 0 Å². The normalized spacial score (nSPS) is 20.4. The molecule has 3 rings (SSSR count). The van der Waals surface area contributed by atoms with Gasteiger partial charge in [-0.05, 0) is 59.9 Å². The molecule has 0 bridgehead atoms. The maximum absolute atomic E-state index is 13.3. The zero-order valence-electron chi connectivity index (χ0n) is 11.7. The van der Waals surface area contributed by atoms with Gasteiger partial charge in [0.1, 0.15) is 11.6 Å². The lowest BCUT2D eigenvalue weighted by Crippen LogP contribution is -2.25. The maximum atomic E-state index is 13.3. The third-order valence-electron chi connectivity index (χ3n) is 4.10. The Morgan fingerprint density at radius 2 is 2.10 bits per heavy atom. The van der Waals surface area contributed by atoms with Crippen LogP contribution in [0.15, 0.2) is 36.4 Å². The van der Waals surface area contributed by atoms with Crippen molar-refractivity contribution >= 4 is 11.6 Å². The van der Waals surface area contributed by atoms with Gasteiger partial charge in [-0.15, -0.1) is 0 Å². The van der Waals surface area contributed by atoms with Crippen molar-refractivity contribution in [3.63, 3.8) is 0 Å². The molecule has 0 aromatic heterocycles. The zero-order chi connectivity index (χ0) is 15.0. The van der Waals surface area contributed by atoms with Crippen molar-refractivity contribution in [2.24, 2.45) is 0 Å². The lowest BCUT2D eigenvalue weighted by molar-refractivity contribution is 0.0384. The highest BCUT2D eigenvalue weighted by Crippen LogP contribution is 2.41. The van der Waals surface area contributed by atoms with Crippen LogP contribution in [0, 0.1) is 5.82 Å². The van der Waals surface area contributed by atoms with Gasteiger partial charge in [0.2, 0.25) is 0 Å². The van der Waals surface area contributed by atoms with Gasteiger partial charge < -0.3 is 9.84 Å². The molecule has 2 nitrogen and oxygen atoms in total. The number of aryl methyl sites for hydroxylation is 1. The van der Waals surface area contributed by atoms with E-state index in [-0.39, 0.29) is 5.82 Å². The molecule has 0 heterocycles. The Morgan fingerprint density at radius 1 is 1.29 bits per heavy atom. The molecule has 4 heteroatoms. The summed E-state index contributed by atoms with van der Waals surface area (Å²) in [5.41, 5.74) is 1.52. The van der Waals surface area contributed by atoms with Crippen molar-refractivity contribution in [3.8, 4) is 5.75 Å². The molecule has 0 radical (unpaired) electrons. The predicted molar refractivity (Wildman–Crippen MR) is 80.3 cm³/mol. The minimum atomic E-state index is -0.999. The topological polar surface area (TPSA) is 29.5 Å². The van der Waals surface area contributed by atoms with Crippen molar-refractivity contribution in [2.45, 2.75) is 24.9 Å². The zero-order valence-corrected chi connectivity index (χ0v) is 12.5.